The maximum absolute atomic E-state index is 14.0. The van der Waals surface area contributed by atoms with Crippen LogP contribution in [-0.2, 0) is 44.8 Å². The van der Waals surface area contributed by atoms with Gasteiger partial charge in [0.05, 0.1) is 26.2 Å². The third-order valence-electron chi connectivity index (χ3n) is 15.7. The number of fused-ring (bicyclic) bond motifs is 4. The van der Waals surface area contributed by atoms with Gasteiger partial charge in [-0.1, -0.05) is 42.5 Å². The summed E-state index contributed by atoms with van der Waals surface area (Å²) in [6, 6.07) is 8.17. The number of benzene rings is 2. The second-order valence-corrected chi connectivity index (χ2v) is 21.6. The van der Waals surface area contributed by atoms with Crippen LogP contribution in [0, 0.1) is 5.41 Å². The second-order valence-electron chi connectivity index (χ2n) is 21.6. The van der Waals surface area contributed by atoms with E-state index in [-0.39, 0.29) is 120 Å². The average molecular weight is 1140 g/mol. The SMILES string of the molecule is O=C(O)CC[C@H](NC(=O)N[C@@H](CCCCNC(=O)[C@H](Cc1ccc2ccccc2c1)Nc1c(NC23CCC(CNC(=O)CN4CCN(CC(=O)O)CCN(CC(=O)O)CCN(CC(=O)O)CC4)(CC2)CC3)c(=O)c1=O)C(=O)O)C(=O)O. The average Bonchev–Trinajstić information content (AvgIpc) is 2.73. The number of nitrogens with zero attached hydrogens (tertiary/aromatic N) is 4. The summed E-state index contributed by atoms with van der Waals surface area (Å²) in [5.74, 6) is -8.10. The van der Waals surface area contributed by atoms with Crippen LogP contribution >= 0.6 is 0 Å². The predicted octanol–water partition coefficient (Wildman–Crippen LogP) is -0.0876. The lowest BCUT2D eigenvalue weighted by Gasteiger charge is -2.54. The number of hydrogen-bond donors (Lipinski definition) is 12. The molecule has 3 aromatic carbocycles. The Balaban J connectivity index is 1.05. The lowest BCUT2D eigenvalue weighted by atomic mass is 9.57. The number of nitrogens with one attached hydrogen (secondary N) is 6. The molecular weight excluding hydrogens is 1060 g/mol. The molecule has 0 unspecified atom stereocenters. The third-order valence-corrected chi connectivity index (χ3v) is 15.7. The topological polar surface area (TPSA) is 394 Å². The van der Waals surface area contributed by atoms with Crippen LogP contribution in [-0.4, -0.2) is 219 Å². The lowest BCUT2D eigenvalue weighted by Crippen LogP contribution is -2.56. The number of unbranched alkanes of at least 4 members (excludes halogenated alkanes) is 1. The molecule has 3 aliphatic carbocycles. The van der Waals surface area contributed by atoms with Crippen LogP contribution in [0.25, 0.3) is 10.8 Å². The molecule has 4 aliphatic rings. The van der Waals surface area contributed by atoms with Crippen molar-refractivity contribution in [2.24, 2.45) is 5.41 Å². The van der Waals surface area contributed by atoms with E-state index in [0.29, 0.717) is 58.2 Å². The standard InChI is InChI=1S/C54H74N10O17/c65-40(29-61-19-21-62(30-42(68)69)23-25-64(32-44(72)73)26-24-63(22-20-61)31-43(70)71)56-33-53-12-15-54(16-13-53,17-14-53)60-46-45(47(74)48(46)75)57-39(28-34-8-9-35-5-1-2-6-36(35)27-34)49(76)55-18-4-3-7-37(50(77)78)58-52(81)59-38(51(79)80)10-11-41(66)67/h1-2,5-6,8-9,27,37-39,57,60H,3-4,7,10-26,28-33H2,(H,55,76)(H,56,65)(H,66,67)(H,68,69)(H,70,71)(H,72,73)(H,77,78)(H,79,80)(H2,58,59,81)/t37-,38-,39-,53?,54?/m0/s1. The first-order chi connectivity index (χ1) is 38.5. The Kier molecular flexibility index (Phi) is 22.4. The van der Waals surface area contributed by atoms with Crippen molar-refractivity contribution in [2.75, 3.05) is 102 Å². The Bertz CT molecular complexity index is 2780. The van der Waals surface area contributed by atoms with E-state index in [4.69, 9.17) is 5.11 Å². The van der Waals surface area contributed by atoms with E-state index in [0.717, 1.165) is 16.3 Å². The Hall–Kier alpha value is -7.75. The third kappa shape index (κ3) is 18.9. The Morgan fingerprint density at radius 3 is 1.53 bits per heavy atom. The minimum Gasteiger partial charge on any atom is -0.481 e. The molecule has 0 spiro atoms. The zero-order valence-electron chi connectivity index (χ0n) is 45.1. The molecule has 0 radical (unpaired) electrons. The summed E-state index contributed by atoms with van der Waals surface area (Å²) in [6.07, 6.45) is 3.42. The lowest BCUT2D eigenvalue weighted by molar-refractivity contribution is -0.141. The van der Waals surface area contributed by atoms with Crippen LogP contribution in [0.4, 0.5) is 16.2 Å². The monoisotopic (exact) mass is 1130 g/mol. The molecule has 4 fully saturated rings. The Morgan fingerprint density at radius 1 is 0.531 bits per heavy atom. The number of carboxylic acids is 6. The smallest absolute Gasteiger partial charge is 0.326 e. The van der Waals surface area contributed by atoms with E-state index in [1.165, 1.54) is 0 Å². The van der Waals surface area contributed by atoms with Crippen LogP contribution in [0.2, 0.25) is 0 Å². The van der Waals surface area contributed by atoms with Crippen molar-refractivity contribution >= 4 is 75.8 Å². The molecule has 27 heteroatoms. The first-order valence-corrected chi connectivity index (χ1v) is 27.2. The number of hydrogen-bond acceptors (Lipinski definition) is 17. The summed E-state index contributed by atoms with van der Waals surface area (Å²) < 4.78 is 0. The summed E-state index contributed by atoms with van der Waals surface area (Å²) in [4.78, 5) is 143. The van der Waals surface area contributed by atoms with E-state index in [9.17, 15) is 78.3 Å². The zero-order valence-corrected chi connectivity index (χ0v) is 45.1. The first kappa shape index (κ1) is 62.4. The molecule has 4 amide bonds. The molecule has 7 rings (SSSR count). The summed E-state index contributed by atoms with van der Waals surface area (Å²) in [5, 5.41) is 75.3. The Labute approximate surface area is 466 Å². The number of aliphatic carboxylic acids is 6. The van der Waals surface area contributed by atoms with E-state index < -0.39 is 95.1 Å². The van der Waals surface area contributed by atoms with Crippen molar-refractivity contribution in [3.8, 4) is 0 Å². The molecular formula is C54H74N10O17. The summed E-state index contributed by atoms with van der Waals surface area (Å²) >= 11 is 0. The van der Waals surface area contributed by atoms with Gasteiger partial charge in [-0.05, 0) is 86.0 Å². The van der Waals surface area contributed by atoms with Crippen LogP contribution in [0.3, 0.4) is 0 Å². The van der Waals surface area contributed by atoms with Gasteiger partial charge in [-0.3, -0.25) is 58.0 Å². The molecule has 3 atom stereocenters. The molecule has 0 aromatic heterocycles. The van der Waals surface area contributed by atoms with E-state index in [1.54, 1.807) is 14.7 Å². The van der Waals surface area contributed by atoms with Gasteiger partial charge in [0.2, 0.25) is 11.8 Å². The molecule has 1 aliphatic heterocycles. The molecule has 442 valence electrons. The van der Waals surface area contributed by atoms with Crippen molar-refractivity contribution in [3.63, 3.8) is 0 Å². The van der Waals surface area contributed by atoms with Crippen molar-refractivity contribution in [1.82, 2.24) is 40.9 Å². The largest absolute Gasteiger partial charge is 0.481 e. The van der Waals surface area contributed by atoms with Gasteiger partial charge in [0.15, 0.2) is 0 Å². The molecule has 3 saturated carbocycles. The Morgan fingerprint density at radius 2 is 1.02 bits per heavy atom. The maximum Gasteiger partial charge on any atom is 0.326 e. The van der Waals surface area contributed by atoms with Crippen LogP contribution in [0.5, 0.6) is 0 Å². The molecule has 1 saturated heterocycles. The van der Waals surface area contributed by atoms with Crippen molar-refractivity contribution in [2.45, 2.75) is 101 Å². The number of urea groups is 1. The molecule has 27 nitrogen and oxygen atoms in total. The van der Waals surface area contributed by atoms with Crippen molar-refractivity contribution in [3.05, 3.63) is 68.5 Å². The minimum atomic E-state index is -1.57. The number of amides is 4. The number of carbonyl (C=O) groups excluding carboxylic acids is 3. The fraction of sp³-hybridized carbons (Fsp3) is 0.574. The van der Waals surface area contributed by atoms with Crippen LogP contribution < -0.4 is 42.8 Å². The predicted molar refractivity (Wildman–Crippen MR) is 293 cm³/mol. The highest BCUT2D eigenvalue weighted by atomic mass is 16.4. The molecule has 3 aromatic rings. The van der Waals surface area contributed by atoms with Gasteiger partial charge < -0.3 is 62.5 Å². The summed E-state index contributed by atoms with van der Waals surface area (Å²) in [5.41, 5.74) is -1.48. The summed E-state index contributed by atoms with van der Waals surface area (Å²) in [7, 11) is 0. The van der Waals surface area contributed by atoms with Gasteiger partial charge in [0.25, 0.3) is 10.9 Å². The van der Waals surface area contributed by atoms with Gasteiger partial charge in [0, 0.05) is 83.8 Å². The van der Waals surface area contributed by atoms with Gasteiger partial charge in [0.1, 0.15) is 29.5 Å². The van der Waals surface area contributed by atoms with Crippen LogP contribution in [0.15, 0.2) is 52.1 Å². The van der Waals surface area contributed by atoms with Gasteiger partial charge in [-0.25, -0.2) is 14.4 Å². The molecule has 81 heavy (non-hydrogen) atoms. The first-order valence-electron chi connectivity index (χ1n) is 27.2. The van der Waals surface area contributed by atoms with Gasteiger partial charge in [-0.2, -0.15) is 0 Å². The molecule has 2 bridgehead atoms. The highest BCUT2D eigenvalue weighted by Crippen LogP contribution is 2.53. The summed E-state index contributed by atoms with van der Waals surface area (Å²) in [6.45, 7) is 1.67. The molecule has 12 N–H and O–H groups in total. The minimum absolute atomic E-state index is 0.0224. The van der Waals surface area contributed by atoms with Gasteiger partial charge in [-0.15, -0.1) is 0 Å². The number of anilines is 2. The number of carboxylic acid groups (broad SMARTS) is 6. The van der Waals surface area contributed by atoms with Crippen molar-refractivity contribution in [1.29, 1.82) is 0 Å². The van der Waals surface area contributed by atoms with E-state index in [1.807, 2.05) is 47.4 Å². The van der Waals surface area contributed by atoms with E-state index in [2.05, 4.69) is 31.9 Å². The highest BCUT2D eigenvalue weighted by molar-refractivity contribution is 5.89. The fourth-order valence-electron chi connectivity index (χ4n) is 10.9. The maximum atomic E-state index is 14.0. The quantitative estimate of drug-likeness (QED) is 0.0319. The van der Waals surface area contributed by atoms with E-state index >= 15 is 0 Å². The number of carbonyl (C=O) groups is 9. The highest BCUT2D eigenvalue weighted by Gasteiger charge is 2.49. The van der Waals surface area contributed by atoms with Crippen LogP contribution in [0.1, 0.15) is 76.2 Å². The van der Waals surface area contributed by atoms with Crippen molar-refractivity contribution < 1.29 is 73.8 Å². The van der Waals surface area contributed by atoms with Gasteiger partial charge >= 0.3 is 41.8 Å². The zero-order chi connectivity index (χ0) is 58.9. The molecule has 1 heterocycles. The second kappa shape index (κ2) is 29.1. The number of rotatable bonds is 29. The normalized spacial score (nSPS) is 20.6. The fourth-order valence-corrected chi connectivity index (χ4v) is 10.9.